The van der Waals surface area contributed by atoms with Gasteiger partial charge in [0.1, 0.15) is 0 Å². The van der Waals surface area contributed by atoms with Gasteiger partial charge < -0.3 is 4.42 Å². The van der Waals surface area contributed by atoms with Crippen molar-refractivity contribution in [1.82, 2.24) is 10.2 Å². The second-order valence-electron chi connectivity index (χ2n) is 7.48. The van der Waals surface area contributed by atoms with Crippen LogP contribution < -0.4 is 0 Å². The van der Waals surface area contributed by atoms with Crippen molar-refractivity contribution in [2.45, 2.75) is 57.8 Å². The third kappa shape index (κ3) is 2.38. The first kappa shape index (κ1) is 13.1. The first-order valence-electron chi connectivity index (χ1n) is 8.12. The van der Waals surface area contributed by atoms with Crippen LogP contribution in [0.3, 0.4) is 0 Å². The molecule has 0 spiro atoms. The molecule has 110 valence electrons. The maximum Gasteiger partial charge on any atom is 0.217 e. The third-order valence-corrected chi connectivity index (χ3v) is 5.99. The van der Waals surface area contributed by atoms with E-state index in [1.807, 2.05) is 0 Å². The summed E-state index contributed by atoms with van der Waals surface area (Å²) >= 11 is 5.71. The van der Waals surface area contributed by atoms with Gasteiger partial charge in [-0.1, -0.05) is 0 Å². The smallest absolute Gasteiger partial charge is 0.217 e. The minimum Gasteiger partial charge on any atom is -0.425 e. The number of nitrogens with zero attached hydrogens (tertiary/aromatic N) is 2. The predicted molar refractivity (Wildman–Crippen MR) is 77.6 cm³/mol. The minimum atomic E-state index is 0.491. The Balaban J connectivity index is 1.47. The number of hydrogen-bond donors (Lipinski definition) is 0. The number of aryl methyl sites for hydroxylation is 1. The maximum absolute atomic E-state index is 5.84. The Morgan fingerprint density at radius 3 is 2.20 bits per heavy atom. The minimum absolute atomic E-state index is 0.491. The van der Waals surface area contributed by atoms with Gasteiger partial charge in [0.05, 0.1) is 0 Å². The van der Waals surface area contributed by atoms with Crippen LogP contribution in [0.1, 0.15) is 56.7 Å². The zero-order valence-corrected chi connectivity index (χ0v) is 12.7. The molecule has 4 aliphatic rings. The zero-order chi connectivity index (χ0) is 13.6. The summed E-state index contributed by atoms with van der Waals surface area (Å²) in [6.45, 7) is 0. The second kappa shape index (κ2) is 5.01. The first-order valence-corrected chi connectivity index (χ1v) is 8.65. The van der Waals surface area contributed by atoms with E-state index in [0.717, 1.165) is 48.8 Å². The highest BCUT2D eigenvalue weighted by molar-refractivity contribution is 6.17. The Bertz CT molecular complexity index is 449. The van der Waals surface area contributed by atoms with E-state index in [1.165, 1.54) is 38.5 Å². The molecule has 4 saturated carbocycles. The summed E-state index contributed by atoms with van der Waals surface area (Å²) in [5.41, 5.74) is 0.491. The van der Waals surface area contributed by atoms with Gasteiger partial charge in [0.25, 0.3) is 0 Å². The van der Waals surface area contributed by atoms with E-state index in [2.05, 4.69) is 10.2 Å². The van der Waals surface area contributed by atoms with Crippen LogP contribution in [0.4, 0.5) is 0 Å². The molecule has 1 heterocycles. The van der Waals surface area contributed by atoms with E-state index in [1.54, 1.807) is 0 Å². The van der Waals surface area contributed by atoms with E-state index >= 15 is 0 Å². The van der Waals surface area contributed by atoms with E-state index in [4.69, 9.17) is 16.0 Å². The topological polar surface area (TPSA) is 38.9 Å². The number of halogens is 1. The molecule has 0 radical (unpaired) electrons. The van der Waals surface area contributed by atoms with E-state index < -0.39 is 0 Å². The zero-order valence-electron chi connectivity index (χ0n) is 12.0. The predicted octanol–water partition coefficient (Wildman–Crippen LogP) is 4.00. The molecular weight excluding hydrogens is 272 g/mol. The summed E-state index contributed by atoms with van der Waals surface area (Å²) in [7, 11) is 0. The molecule has 3 nitrogen and oxygen atoms in total. The molecular formula is C16H23ClN2O. The summed E-state index contributed by atoms with van der Waals surface area (Å²) in [5, 5.41) is 8.46. The molecule has 4 aliphatic carbocycles. The van der Waals surface area contributed by atoms with Gasteiger partial charge in [0.15, 0.2) is 0 Å². The van der Waals surface area contributed by atoms with Crippen LogP contribution in [0.15, 0.2) is 4.42 Å². The van der Waals surface area contributed by atoms with E-state index in [-0.39, 0.29) is 0 Å². The molecule has 0 N–H and O–H groups in total. The SMILES string of the molecule is ClCCCc1nnc(CC23CC4CC(CC(C4)C2)C3)o1. The van der Waals surface area contributed by atoms with Crippen molar-refractivity contribution in [3.05, 3.63) is 11.8 Å². The fourth-order valence-electron chi connectivity index (χ4n) is 5.51. The Morgan fingerprint density at radius 2 is 1.60 bits per heavy atom. The van der Waals surface area contributed by atoms with Crippen molar-refractivity contribution in [3.63, 3.8) is 0 Å². The largest absolute Gasteiger partial charge is 0.425 e. The van der Waals surface area contributed by atoms with Crippen molar-refractivity contribution in [2.24, 2.45) is 23.2 Å². The lowest BCUT2D eigenvalue weighted by atomic mass is 9.49. The maximum atomic E-state index is 5.84. The normalized spacial score (nSPS) is 38.5. The summed E-state index contributed by atoms with van der Waals surface area (Å²) in [4.78, 5) is 0. The monoisotopic (exact) mass is 294 g/mol. The molecule has 20 heavy (non-hydrogen) atoms. The fraction of sp³-hybridized carbons (Fsp3) is 0.875. The molecule has 4 bridgehead atoms. The molecule has 4 heteroatoms. The Hall–Kier alpha value is -0.570. The average molecular weight is 295 g/mol. The Labute approximate surface area is 125 Å². The highest BCUT2D eigenvalue weighted by Gasteiger charge is 2.51. The first-order chi connectivity index (χ1) is 9.75. The number of aromatic nitrogens is 2. The van der Waals surface area contributed by atoms with Crippen LogP contribution in [0, 0.1) is 23.2 Å². The highest BCUT2D eigenvalue weighted by atomic mass is 35.5. The second-order valence-corrected chi connectivity index (χ2v) is 7.85. The summed E-state index contributed by atoms with van der Waals surface area (Å²) in [5.74, 6) is 5.26. The Kier molecular flexibility index (Phi) is 3.29. The lowest BCUT2D eigenvalue weighted by molar-refractivity contribution is -0.0551. The van der Waals surface area contributed by atoms with Crippen LogP contribution in [-0.4, -0.2) is 16.1 Å². The Morgan fingerprint density at radius 1 is 1.00 bits per heavy atom. The van der Waals surface area contributed by atoms with Crippen LogP contribution in [-0.2, 0) is 12.8 Å². The molecule has 0 saturated heterocycles. The van der Waals surface area contributed by atoms with Gasteiger partial charge in [-0.2, -0.15) is 0 Å². The molecule has 1 aromatic rings. The molecule has 5 rings (SSSR count). The van der Waals surface area contributed by atoms with E-state index in [9.17, 15) is 0 Å². The number of hydrogen-bond acceptors (Lipinski definition) is 3. The molecule has 0 amide bonds. The molecule has 0 atom stereocenters. The number of alkyl halides is 1. The summed E-state index contributed by atoms with van der Waals surface area (Å²) in [6, 6.07) is 0. The lowest BCUT2D eigenvalue weighted by Gasteiger charge is -2.56. The summed E-state index contributed by atoms with van der Waals surface area (Å²) in [6.07, 6.45) is 11.4. The number of rotatable bonds is 5. The van der Waals surface area contributed by atoms with Gasteiger partial charge in [0.2, 0.25) is 11.8 Å². The van der Waals surface area contributed by atoms with Gasteiger partial charge >= 0.3 is 0 Å². The average Bonchev–Trinajstić information content (AvgIpc) is 2.81. The van der Waals surface area contributed by atoms with Gasteiger partial charge in [-0.05, 0) is 68.1 Å². The van der Waals surface area contributed by atoms with Crippen molar-refractivity contribution >= 4 is 11.6 Å². The molecule has 0 aliphatic heterocycles. The van der Waals surface area contributed by atoms with Crippen molar-refractivity contribution in [1.29, 1.82) is 0 Å². The molecule has 4 fully saturated rings. The fourth-order valence-corrected chi connectivity index (χ4v) is 5.64. The van der Waals surface area contributed by atoms with Gasteiger partial charge in [-0.3, -0.25) is 0 Å². The highest BCUT2D eigenvalue weighted by Crippen LogP contribution is 2.60. The quantitative estimate of drug-likeness (QED) is 0.771. The van der Waals surface area contributed by atoms with Crippen molar-refractivity contribution < 1.29 is 4.42 Å². The molecule has 1 aromatic heterocycles. The van der Waals surface area contributed by atoms with Crippen molar-refractivity contribution in [3.8, 4) is 0 Å². The van der Waals surface area contributed by atoms with Crippen molar-refractivity contribution in [2.75, 3.05) is 5.88 Å². The van der Waals surface area contributed by atoms with Crippen LogP contribution in [0.25, 0.3) is 0 Å². The van der Waals surface area contributed by atoms with Crippen LogP contribution in [0.2, 0.25) is 0 Å². The summed E-state index contributed by atoms with van der Waals surface area (Å²) < 4.78 is 5.84. The van der Waals surface area contributed by atoms with Gasteiger partial charge in [-0.15, -0.1) is 21.8 Å². The van der Waals surface area contributed by atoms with Gasteiger partial charge in [-0.25, -0.2) is 0 Å². The van der Waals surface area contributed by atoms with Crippen LogP contribution >= 0.6 is 11.6 Å². The van der Waals surface area contributed by atoms with Gasteiger partial charge in [0, 0.05) is 18.7 Å². The van der Waals surface area contributed by atoms with E-state index in [0.29, 0.717) is 11.3 Å². The lowest BCUT2D eigenvalue weighted by Crippen LogP contribution is -2.47. The standard InChI is InChI=1S/C16H23ClN2O/c17-3-1-2-14-18-19-15(20-14)10-16-7-11-4-12(8-16)6-13(5-11)9-16/h11-13H,1-10H2. The molecule has 0 aromatic carbocycles. The third-order valence-electron chi connectivity index (χ3n) is 5.72. The van der Waals surface area contributed by atoms with Crippen LogP contribution in [0.5, 0.6) is 0 Å². The molecule has 0 unspecified atom stereocenters.